The number of carbonyl (C=O) groups is 1. The maximum Gasteiger partial charge on any atom is 0.235 e. The van der Waals surface area contributed by atoms with Crippen molar-refractivity contribution in [2.75, 3.05) is 5.88 Å². The normalized spacial score (nSPS) is 9.86. The van der Waals surface area contributed by atoms with Gasteiger partial charge in [-0.2, -0.15) is 0 Å². The number of alkyl halides is 1. The van der Waals surface area contributed by atoms with Gasteiger partial charge < -0.3 is 5.32 Å². The van der Waals surface area contributed by atoms with E-state index in [0.29, 0.717) is 6.54 Å². The fourth-order valence-corrected chi connectivity index (χ4v) is 1.16. The minimum Gasteiger partial charge on any atom is -0.349 e. The van der Waals surface area contributed by atoms with Crippen molar-refractivity contribution in [1.82, 2.24) is 15.3 Å². The fourth-order valence-electron chi connectivity index (χ4n) is 1.07. The summed E-state index contributed by atoms with van der Waals surface area (Å²) in [6.45, 7) is 2.39. The van der Waals surface area contributed by atoms with E-state index in [9.17, 15) is 4.79 Å². The Morgan fingerprint density at radius 2 is 2.07 bits per heavy atom. The third-order valence-corrected chi connectivity index (χ3v) is 2.01. The number of aromatic nitrogens is 2. The lowest BCUT2D eigenvalue weighted by molar-refractivity contribution is -0.118. The zero-order valence-corrected chi connectivity index (χ0v) is 8.71. The van der Waals surface area contributed by atoms with Crippen LogP contribution in [0.15, 0.2) is 12.4 Å². The summed E-state index contributed by atoms with van der Waals surface area (Å²) < 4.78 is 0. The zero-order chi connectivity index (χ0) is 10.4. The van der Waals surface area contributed by atoms with Gasteiger partial charge in [0.2, 0.25) is 5.91 Å². The lowest BCUT2D eigenvalue weighted by atomic mass is 10.2. The smallest absolute Gasteiger partial charge is 0.235 e. The lowest BCUT2D eigenvalue weighted by Crippen LogP contribution is -2.25. The molecule has 0 bridgehead atoms. The van der Waals surface area contributed by atoms with Crippen molar-refractivity contribution >= 4 is 17.5 Å². The van der Waals surface area contributed by atoms with Gasteiger partial charge in [0, 0.05) is 12.4 Å². The molecule has 1 N–H and O–H groups in total. The molecule has 14 heavy (non-hydrogen) atoms. The number of halogens is 1. The number of aryl methyl sites for hydroxylation is 1. The third kappa shape index (κ3) is 2.96. The Morgan fingerprint density at radius 3 is 2.64 bits per heavy atom. The molecule has 0 saturated carbocycles. The van der Waals surface area contributed by atoms with Gasteiger partial charge in [-0.25, -0.2) is 0 Å². The second kappa shape index (κ2) is 5.54. The van der Waals surface area contributed by atoms with Crippen molar-refractivity contribution in [2.24, 2.45) is 0 Å². The molecule has 1 aromatic heterocycles. The predicted octanol–water partition coefficient (Wildman–Crippen LogP) is 0.894. The van der Waals surface area contributed by atoms with Gasteiger partial charge in [-0.15, -0.1) is 11.6 Å². The van der Waals surface area contributed by atoms with Gasteiger partial charge in [0.05, 0.1) is 17.9 Å². The Morgan fingerprint density at radius 1 is 1.43 bits per heavy atom. The molecule has 0 aliphatic heterocycles. The van der Waals surface area contributed by atoms with E-state index in [4.69, 9.17) is 11.6 Å². The molecule has 0 unspecified atom stereocenters. The summed E-state index contributed by atoms with van der Waals surface area (Å²) in [5.74, 6) is -0.221. The first-order valence-corrected chi connectivity index (χ1v) is 4.92. The van der Waals surface area contributed by atoms with Gasteiger partial charge in [-0.3, -0.25) is 14.8 Å². The monoisotopic (exact) mass is 213 g/mol. The highest BCUT2D eigenvalue weighted by atomic mass is 35.5. The van der Waals surface area contributed by atoms with Gasteiger partial charge in [-0.05, 0) is 6.42 Å². The highest BCUT2D eigenvalue weighted by Crippen LogP contribution is 2.01. The Labute approximate surface area is 87.7 Å². The Hall–Kier alpha value is -1.16. The molecule has 76 valence electrons. The van der Waals surface area contributed by atoms with Crippen LogP contribution in [0, 0.1) is 0 Å². The summed E-state index contributed by atoms with van der Waals surface area (Å²) in [6.07, 6.45) is 4.06. The van der Waals surface area contributed by atoms with Crippen LogP contribution in [0.3, 0.4) is 0 Å². The molecule has 0 saturated heterocycles. The average Bonchev–Trinajstić information content (AvgIpc) is 2.26. The summed E-state index contributed by atoms with van der Waals surface area (Å²) in [7, 11) is 0. The van der Waals surface area contributed by atoms with Crippen LogP contribution < -0.4 is 5.32 Å². The number of carbonyl (C=O) groups excluding carboxylic acids is 1. The summed E-state index contributed by atoms with van der Waals surface area (Å²) in [4.78, 5) is 19.2. The zero-order valence-electron chi connectivity index (χ0n) is 7.96. The molecular formula is C9H12ClN3O. The van der Waals surface area contributed by atoms with Crippen LogP contribution in [-0.4, -0.2) is 21.8 Å². The molecule has 1 rings (SSSR count). The van der Waals surface area contributed by atoms with Gasteiger partial charge in [-0.1, -0.05) is 6.92 Å². The topological polar surface area (TPSA) is 54.9 Å². The number of nitrogens with one attached hydrogen (secondary N) is 1. The average molecular weight is 214 g/mol. The van der Waals surface area contributed by atoms with Crippen LogP contribution >= 0.6 is 11.6 Å². The van der Waals surface area contributed by atoms with E-state index < -0.39 is 0 Å². The number of rotatable bonds is 4. The first kappa shape index (κ1) is 10.9. The molecular weight excluding hydrogens is 202 g/mol. The quantitative estimate of drug-likeness (QED) is 0.756. The molecule has 0 aromatic carbocycles. The van der Waals surface area contributed by atoms with E-state index in [1.54, 1.807) is 12.4 Å². The van der Waals surface area contributed by atoms with Crippen molar-refractivity contribution in [1.29, 1.82) is 0 Å². The van der Waals surface area contributed by atoms with Gasteiger partial charge in [0.25, 0.3) is 0 Å². The molecule has 0 radical (unpaired) electrons. The highest BCUT2D eigenvalue weighted by molar-refractivity contribution is 6.27. The minimum absolute atomic E-state index is 0.0261. The molecule has 5 heteroatoms. The predicted molar refractivity (Wildman–Crippen MR) is 54.0 cm³/mol. The largest absolute Gasteiger partial charge is 0.349 e. The first-order chi connectivity index (χ1) is 6.77. The molecule has 4 nitrogen and oxygen atoms in total. The van der Waals surface area contributed by atoms with E-state index in [2.05, 4.69) is 15.3 Å². The molecule has 0 aliphatic rings. The van der Waals surface area contributed by atoms with E-state index >= 15 is 0 Å². The van der Waals surface area contributed by atoms with Crippen LogP contribution in [0.5, 0.6) is 0 Å². The maximum atomic E-state index is 10.9. The molecule has 0 spiro atoms. The molecule has 0 atom stereocenters. The molecule has 1 amide bonds. The van der Waals surface area contributed by atoms with Crippen molar-refractivity contribution in [2.45, 2.75) is 19.9 Å². The van der Waals surface area contributed by atoms with E-state index in [1.165, 1.54) is 0 Å². The van der Waals surface area contributed by atoms with E-state index in [1.807, 2.05) is 6.92 Å². The summed E-state index contributed by atoms with van der Waals surface area (Å²) in [5, 5.41) is 2.65. The third-order valence-electron chi connectivity index (χ3n) is 1.77. The van der Waals surface area contributed by atoms with E-state index in [-0.39, 0.29) is 11.8 Å². The van der Waals surface area contributed by atoms with Crippen LogP contribution in [0.25, 0.3) is 0 Å². The van der Waals surface area contributed by atoms with Gasteiger partial charge in [0.15, 0.2) is 0 Å². The van der Waals surface area contributed by atoms with Crippen molar-refractivity contribution in [3.05, 3.63) is 23.8 Å². The molecule has 0 fully saturated rings. The lowest BCUT2D eigenvalue weighted by Gasteiger charge is -2.05. The standard InChI is InChI=1S/C9H12ClN3O/c1-2-7-8(12-4-3-11-7)6-13-9(14)5-10/h3-4H,2,5-6H2,1H3,(H,13,14). The summed E-state index contributed by atoms with van der Waals surface area (Å²) >= 11 is 5.34. The second-order valence-electron chi connectivity index (χ2n) is 2.71. The number of nitrogens with zero attached hydrogens (tertiary/aromatic N) is 2. The molecule has 1 aromatic rings. The van der Waals surface area contributed by atoms with Crippen LogP contribution in [0.4, 0.5) is 0 Å². The van der Waals surface area contributed by atoms with Gasteiger partial charge >= 0.3 is 0 Å². The minimum atomic E-state index is -0.195. The van der Waals surface area contributed by atoms with E-state index in [0.717, 1.165) is 17.8 Å². The molecule has 0 aliphatic carbocycles. The van der Waals surface area contributed by atoms with Crippen molar-refractivity contribution < 1.29 is 4.79 Å². The Kier molecular flexibility index (Phi) is 4.32. The van der Waals surface area contributed by atoms with Crippen molar-refractivity contribution in [3.63, 3.8) is 0 Å². The van der Waals surface area contributed by atoms with Crippen LogP contribution in [0.2, 0.25) is 0 Å². The summed E-state index contributed by atoms with van der Waals surface area (Å²) in [5.41, 5.74) is 1.70. The number of hydrogen-bond acceptors (Lipinski definition) is 3. The first-order valence-electron chi connectivity index (χ1n) is 4.39. The van der Waals surface area contributed by atoms with Crippen LogP contribution in [-0.2, 0) is 17.8 Å². The Balaban J connectivity index is 2.61. The number of hydrogen-bond donors (Lipinski definition) is 1. The fraction of sp³-hybridized carbons (Fsp3) is 0.444. The molecule has 1 heterocycles. The van der Waals surface area contributed by atoms with Gasteiger partial charge in [0.1, 0.15) is 5.88 Å². The summed E-state index contributed by atoms with van der Waals surface area (Å²) in [6, 6.07) is 0. The number of amides is 1. The Bertz CT molecular complexity index is 317. The highest BCUT2D eigenvalue weighted by Gasteiger charge is 2.04. The SMILES string of the molecule is CCc1nccnc1CNC(=O)CCl. The maximum absolute atomic E-state index is 10.9. The second-order valence-corrected chi connectivity index (χ2v) is 2.98. The van der Waals surface area contributed by atoms with Crippen molar-refractivity contribution in [3.8, 4) is 0 Å². The van der Waals surface area contributed by atoms with Crippen LogP contribution in [0.1, 0.15) is 18.3 Å².